The quantitative estimate of drug-likeness (QED) is 0.0509. The van der Waals surface area contributed by atoms with Crippen LogP contribution in [0.1, 0.15) is 102 Å². The molecule has 0 aliphatic heterocycles. The van der Waals surface area contributed by atoms with Gasteiger partial charge in [-0.3, -0.25) is 0 Å². The summed E-state index contributed by atoms with van der Waals surface area (Å²) >= 11 is 0. The van der Waals surface area contributed by atoms with Gasteiger partial charge in [-0.1, -0.05) is 364 Å². The van der Waals surface area contributed by atoms with Crippen LogP contribution in [0.4, 0.5) is 0 Å². The van der Waals surface area contributed by atoms with Crippen molar-refractivity contribution in [2.45, 2.75) is 35.5 Å². The standard InChI is InChI=1S/6C14H12O2.2C4H10O2.2Eu/c6*15-14(16)13(11-7-3-1-4-8-11)12-9-5-2-6-10-12;2*1-5-3-4-6-2;;/h6*1-10,13H,(H,15,16);2*3-4H2,1-2H3;;/q;;;;;;;;2*+3/p-6. The van der Waals surface area contributed by atoms with Gasteiger partial charge in [0.1, 0.15) is 0 Å². The van der Waals surface area contributed by atoms with Gasteiger partial charge < -0.3 is 78.4 Å². The average Bonchev–Trinajstić information content (AvgIpc) is 0.880. The second-order valence-electron chi connectivity index (χ2n) is 23.4. The second-order valence-corrected chi connectivity index (χ2v) is 23.4. The summed E-state index contributed by atoms with van der Waals surface area (Å²) in [6.45, 7) is 2.76. The van der Waals surface area contributed by atoms with Crippen LogP contribution in [0, 0.1) is 98.8 Å². The SMILES string of the molecule is COCCOC.COCCOC.O=C([O-])C(c1ccccc1)c1ccccc1.O=C([O-])C(c1ccccc1)c1ccccc1.O=C([O-])C(c1ccccc1)c1ccccc1.O=C([O-])C(c1ccccc1)c1ccccc1.O=C([O-])C(c1ccccc1)c1ccccc1.O=C([O-])C(c1ccccc1)c1ccccc1.[Eu+3].[Eu+3]. The summed E-state index contributed by atoms with van der Waals surface area (Å²) < 4.78 is 18.6. The van der Waals surface area contributed by atoms with E-state index in [9.17, 15) is 59.4 Å². The van der Waals surface area contributed by atoms with Crippen molar-refractivity contribution in [3.05, 3.63) is 431 Å². The van der Waals surface area contributed by atoms with Gasteiger partial charge >= 0.3 is 98.8 Å². The van der Waals surface area contributed by atoms with Gasteiger partial charge in [0.25, 0.3) is 0 Å². The zero-order chi connectivity index (χ0) is 77.9. The summed E-state index contributed by atoms with van der Waals surface area (Å²) in [6, 6.07) is 109. The zero-order valence-corrected chi connectivity index (χ0v) is 66.1. The minimum atomic E-state index is -1.07. The molecule has 0 amide bonds. The molecule has 0 bridgehead atoms. The minimum Gasteiger partial charge on any atom is -0.549 e. The number of carboxylic acids is 6. The Morgan fingerprint density at radius 2 is 0.255 bits per heavy atom. The number of carbonyl (C=O) groups is 6. The molecule has 0 N–H and O–H groups in total. The summed E-state index contributed by atoms with van der Waals surface area (Å²) in [5, 5.41) is 67.1. The van der Waals surface area contributed by atoms with Crippen LogP contribution in [0.2, 0.25) is 0 Å². The summed E-state index contributed by atoms with van der Waals surface area (Å²) in [7, 11) is 6.61. The molecule has 564 valence electrons. The number of carbonyl (C=O) groups excluding carboxylic acids is 6. The van der Waals surface area contributed by atoms with Crippen LogP contribution >= 0.6 is 0 Å². The Kier molecular flexibility index (Phi) is 48.8. The Morgan fingerprint density at radius 1 is 0.182 bits per heavy atom. The Hall–Kier alpha value is -9.53. The topological polar surface area (TPSA) is 278 Å². The van der Waals surface area contributed by atoms with Crippen LogP contribution in [-0.4, -0.2) is 90.7 Å². The molecule has 0 saturated heterocycles. The first-order valence-electron chi connectivity index (χ1n) is 34.4. The summed E-state index contributed by atoms with van der Waals surface area (Å²) in [6.07, 6.45) is 0. The van der Waals surface area contributed by atoms with E-state index in [0.29, 0.717) is 26.4 Å². The molecular formula is C92H86Eu2O16. The second kappa shape index (κ2) is 56.7. The molecule has 0 radical (unpaired) electrons. The van der Waals surface area contributed by atoms with Crippen molar-refractivity contribution < 1.29 is 177 Å². The molecular weight excluding hydrogens is 1660 g/mol. The Balaban J connectivity index is 0.000000331. The van der Waals surface area contributed by atoms with Crippen LogP contribution in [0.5, 0.6) is 0 Å². The van der Waals surface area contributed by atoms with Crippen molar-refractivity contribution in [2.75, 3.05) is 54.9 Å². The van der Waals surface area contributed by atoms with Gasteiger partial charge in [-0.25, -0.2) is 0 Å². The first kappa shape index (κ1) is 94.7. The van der Waals surface area contributed by atoms with E-state index in [0.717, 1.165) is 66.8 Å². The molecule has 12 aromatic rings. The zero-order valence-electron chi connectivity index (χ0n) is 61.2. The fourth-order valence-electron chi connectivity index (χ4n) is 10.9. The first-order chi connectivity index (χ1) is 52.6. The summed E-state index contributed by atoms with van der Waals surface area (Å²) in [5.74, 6) is -10.6. The number of hydrogen-bond donors (Lipinski definition) is 0. The molecule has 0 aliphatic rings. The number of benzene rings is 12. The molecule has 0 saturated carbocycles. The van der Waals surface area contributed by atoms with E-state index in [2.05, 4.69) is 18.9 Å². The third-order valence-corrected chi connectivity index (χ3v) is 16.0. The number of hydrogen-bond acceptors (Lipinski definition) is 16. The molecule has 0 unspecified atom stereocenters. The number of aliphatic carboxylic acids is 6. The molecule has 16 nitrogen and oxygen atoms in total. The van der Waals surface area contributed by atoms with E-state index in [1.54, 1.807) is 174 Å². The smallest absolute Gasteiger partial charge is 0.549 e. The maximum atomic E-state index is 11.2. The van der Waals surface area contributed by atoms with Gasteiger partial charge in [0.05, 0.1) is 62.2 Å². The molecule has 0 spiro atoms. The first-order valence-corrected chi connectivity index (χ1v) is 34.4. The van der Waals surface area contributed by atoms with Gasteiger partial charge in [-0.2, -0.15) is 0 Å². The van der Waals surface area contributed by atoms with Crippen molar-refractivity contribution in [1.29, 1.82) is 0 Å². The van der Waals surface area contributed by atoms with Gasteiger partial charge in [-0.15, -0.1) is 0 Å². The average molecular weight is 1750 g/mol. The predicted molar refractivity (Wildman–Crippen MR) is 406 cm³/mol. The van der Waals surface area contributed by atoms with E-state index in [1.165, 1.54) is 0 Å². The summed E-state index contributed by atoms with van der Waals surface area (Å²) in [4.78, 5) is 67.1. The van der Waals surface area contributed by atoms with Crippen molar-refractivity contribution >= 4 is 35.8 Å². The fraction of sp³-hybridized carbons (Fsp3) is 0.152. The van der Waals surface area contributed by atoms with Crippen LogP contribution in [0.25, 0.3) is 0 Å². The third-order valence-electron chi connectivity index (χ3n) is 16.0. The molecule has 110 heavy (non-hydrogen) atoms. The molecule has 0 fully saturated rings. The molecule has 0 heterocycles. The van der Waals surface area contributed by atoms with E-state index < -0.39 is 71.3 Å². The monoisotopic (exact) mass is 1750 g/mol. The maximum Gasteiger partial charge on any atom is 3.00 e. The largest absolute Gasteiger partial charge is 3.00 e. The number of methoxy groups -OCH3 is 4. The Morgan fingerprint density at radius 3 is 0.309 bits per heavy atom. The molecule has 12 aromatic carbocycles. The van der Waals surface area contributed by atoms with E-state index in [-0.39, 0.29) is 98.8 Å². The van der Waals surface area contributed by atoms with Crippen molar-refractivity contribution in [3.63, 3.8) is 0 Å². The normalized spacial score (nSPS) is 9.98. The molecule has 12 rings (SSSR count). The minimum absolute atomic E-state index is 0. The number of carboxylic acid groups (broad SMARTS) is 6. The maximum absolute atomic E-state index is 11.2. The molecule has 18 heteroatoms. The molecule has 0 atom stereocenters. The van der Waals surface area contributed by atoms with E-state index in [1.807, 2.05) is 218 Å². The molecule has 0 aromatic heterocycles. The fourth-order valence-corrected chi connectivity index (χ4v) is 10.9. The summed E-state index contributed by atoms with van der Waals surface area (Å²) in [5.41, 5.74) is 8.93. The third kappa shape index (κ3) is 34.6. The van der Waals surface area contributed by atoms with Crippen LogP contribution in [0.3, 0.4) is 0 Å². The van der Waals surface area contributed by atoms with Gasteiger partial charge in [-0.05, 0) is 66.8 Å². The van der Waals surface area contributed by atoms with E-state index in [4.69, 9.17) is 0 Å². The van der Waals surface area contributed by atoms with Gasteiger partial charge in [0.2, 0.25) is 0 Å². The Labute approximate surface area is 726 Å². The Bertz CT molecular complexity index is 3420. The molecule has 0 aliphatic carbocycles. The van der Waals surface area contributed by atoms with Crippen LogP contribution in [-0.2, 0) is 47.7 Å². The number of ether oxygens (including phenoxy) is 4. The predicted octanol–water partition coefficient (Wildman–Crippen LogP) is 9.97. The van der Waals surface area contributed by atoms with Crippen molar-refractivity contribution in [3.8, 4) is 0 Å². The van der Waals surface area contributed by atoms with Crippen LogP contribution < -0.4 is 30.6 Å². The number of rotatable bonds is 24. The van der Waals surface area contributed by atoms with Crippen molar-refractivity contribution in [2.24, 2.45) is 0 Å². The van der Waals surface area contributed by atoms with E-state index >= 15 is 0 Å². The van der Waals surface area contributed by atoms with Crippen molar-refractivity contribution in [1.82, 2.24) is 0 Å². The van der Waals surface area contributed by atoms with Crippen LogP contribution in [0.15, 0.2) is 364 Å². The van der Waals surface area contributed by atoms with Gasteiger partial charge in [0.15, 0.2) is 0 Å². The van der Waals surface area contributed by atoms with Gasteiger partial charge in [0, 0.05) is 63.9 Å².